The van der Waals surface area contributed by atoms with E-state index in [0.717, 1.165) is 25.7 Å². The quantitative estimate of drug-likeness (QED) is 0.752. The van der Waals surface area contributed by atoms with E-state index in [4.69, 9.17) is 21.1 Å². The van der Waals surface area contributed by atoms with Gasteiger partial charge in [0, 0.05) is 5.02 Å². The molecule has 1 saturated carbocycles. The molecule has 0 aromatic heterocycles. The lowest BCUT2D eigenvalue weighted by atomic mass is 9.70. The van der Waals surface area contributed by atoms with Gasteiger partial charge in [-0.2, -0.15) is 0 Å². The average molecular weight is 382 g/mol. The highest BCUT2D eigenvalue weighted by atomic mass is 35.5. The molecular formula is C20H28ClNO4. The lowest BCUT2D eigenvalue weighted by Gasteiger charge is -2.36. The van der Waals surface area contributed by atoms with E-state index in [0.29, 0.717) is 22.4 Å². The smallest absolute Gasteiger partial charge is 0.309 e. The standard InChI is InChI=1S/C20H28ClNO4/c1-20(2,3)14-7-5-13(6-8-14)19(24)26-12-18(23)22-16-11-15(21)9-10-17(16)25-4/h9-11,13-14H,5-8,12H2,1-4H3,(H,22,23). The summed E-state index contributed by atoms with van der Waals surface area (Å²) in [4.78, 5) is 24.3. The molecule has 2 rings (SSSR count). The van der Waals surface area contributed by atoms with Crippen molar-refractivity contribution in [3.05, 3.63) is 23.2 Å². The molecule has 1 amide bonds. The molecule has 1 aromatic carbocycles. The number of hydrogen-bond donors (Lipinski definition) is 1. The Bertz CT molecular complexity index is 646. The third-order valence-electron chi connectivity index (χ3n) is 5.07. The van der Waals surface area contributed by atoms with Crippen molar-refractivity contribution in [2.45, 2.75) is 46.5 Å². The summed E-state index contributed by atoms with van der Waals surface area (Å²) in [7, 11) is 1.51. The van der Waals surface area contributed by atoms with E-state index >= 15 is 0 Å². The highest BCUT2D eigenvalue weighted by Crippen LogP contribution is 2.40. The van der Waals surface area contributed by atoms with Crippen LogP contribution in [0.15, 0.2) is 18.2 Å². The molecule has 0 unspecified atom stereocenters. The number of halogens is 1. The van der Waals surface area contributed by atoms with Gasteiger partial charge in [-0.3, -0.25) is 9.59 Å². The summed E-state index contributed by atoms with van der Waals surface area (Å²) in [6.45, 7) is 6.41. The zero-order valence-corrected chi connectivity index (χ0v) is 16.7. The molecule has 1 N–H and O–H groups in total. The normalized spacial score (nSPS) is 20.3. The van der Waals surface area contributed by atoms with E-state index in [1.807, 2.05) is 0 Å². The van der Waals surface area contributed by atoms with Crippen LogP contribution in [0.3, 0.4) is 0 Å². The first-order chi connectivity index (χ1) is 12.2. The molecule has 1 aliphatic rings. The van der Waals surface area contributed by atoms with Gasteiger partial charge >= 0.3 is 5.97 Å². The van der Waals surface area contributed by atoms with Crippen molar-refractivity contribution in [3.8, 4) is 5.75 Å². The van der Waals surface area contributed by atoms with Crippen LogP contribution in [0.2, 0.25) is 5.02 Å². The minimum atomic E-state index is -0.415. The molecule has 0 saturated heterocycles. The number of esters is 1. The van der Waals surface area contributed by atoms with Crippen LogP contribution in [0.1, 0.15) is 46.5 Å². The number of carbonyl (C=O) groups excluding carboxylic acids is 2. The number of rotatable bonds is 5. The molecule has 144 valence electrons. The van der Waals surface area contributed by atoms with Gasteiger partial charge in [0.05, 0.1) is 18.7 Å². The van der Waals surface area contributed by atoms with E-state index in [9.17, 15) is 9.59 Å². The number of ether oxygens (including phenoxy) is 2. The van der Waals surface area contributed by atoms with E-state index < -0.39 is 5.91 Å². The number of hydrogen-bond acceptors (Lipinski definition) is 4. The summed E-state index contributed by atoms with van der Waals surface area (Å²) in [5.74, 6) is 0.315. The minimum absolute atomic E-state index is 0.109. The molecule has 0 bridgehead atoms. The summed E-state index contributed by atoms with van der Waals surface area (Å²) >= 11 is 5.94. The zero-order valence-electron chi connectivity index (χ0n) is 15.9. The summed E-state index contributed by atoms with van der Waals surface area (Å²) in [5, 5.41) is 3.14. The van der Waals surface area contributed by atoms with Crippen molar-refractivity contribution in [2.24, 2.45) is 17.3 Å². The zero-order chi connectivity index (χ0) is 19.3. The predicted molar refractivity (Wildman–Crippen MR) is 102 cm³/mol. The number of benzene rings is 1. The third-order valence-corrected chi connectivity index (χ3v) is 5.30. The van der Waals surface area contributed by atoms with Crippen LogP contribution in [-0.2, 0) is 14.3 Å². The first-order valence-electron chi connectivity index (χ1n) is 9.00. The maximum atomic E-state index is 12.2. The van der Waals surface area contributed by atoms with Crippen molar-refractivity contribution in [1.82, 2.24) is 0 Å². The van der Waals surface area contributed by atoms with Gasteiger partial charge in [-0.05, 0) is 55.2 Å². The molecule has 1 aromatic rings. The fraction of sp³-hybridized carbons (Fsp3) is 0.600. The Morgan fingerprint density at radius 2 is 1.85 bits per heavy atom. The van der Waals surface area contributed by atoms with E-state index in [2.05, 4.69) is 26.1 Å². The summed E-state index contributed by atoms with van der Waals surface area (Å²) in [6, 6.07) is 4.93. The predicted octanol–water partition coefficient (Wildman–Crippen LogP) is 4.68. The van der Waals surface area contributed by atoms with Gasteiger partial charge in [0.25, 0.3) is 5.91 Å². The van der Waals surface area contributed by atoms with Crippen LogP contribution >= 0.6 is 11.6 Å². The van der Waals surface area contributed by atoms with Crippen LogP contribution in [0.5, 0.6) is 5.75 Å². The van der Waals surface area contributed by atoms with E-state index in [-0.39, 0.29) is 23.9 Å². The first kappa shape index (κ1) is 20.6. The fourth-order valence-corrected chi connectivity index (χ4v) is 3.59. The highest BCUT2D eigenvalue weighted by molar-refractivity contribution is 6.31. The van der Waals surface area contributed by atoms with E-state index in [1.54, 1.807) is 18.2 Å². The first-order valence-corrected chi connectivity index (χ1v) is 9.38. The Morgan fingerprint density at radius 3 is 2.42 bits per heavy atom. The maximum Gasteiger partial charge on any atom is 0.309 e. The van der Waals surface area contributed by atoms with E-state index in [1.165, 1.54) is 7.11 Å². The van der Waals surface area contributed by atoms with Gasteiger partial charge in [-0.15, -0.1) is 0 Å². The average Bonchev–Trinajstić information content (AvgIpc) is 2.59. The Labute approximate surface area is 160 Å². The Morgan fingerprint density at radius 1 is 1.19 bits per heavy atom. The third kappa shape index (κ3) is 5.63. The second kappa shape index (κ2) is 8.76. The Kier molecular flexibility index (Phi) is 6.93. The maximum absolute atomic E-state index is 12.2. The molecular weight excluding hydrogens is 354 g/mol. The van der Waals surface area contributed by atoms with Crippen molar-refractivity contribution in [2.75, 3.05) is 19.0 Å². The molecule has 1 aliphatic carbocycles. The van der Waals surface area contributed by atoms with Gasteiger partial charge in [0.1, 0.15) is 5.75 Å². The molecule has 6 heteroatoms. The second-order valence-corrected chi connectivity index (χ2v) is 8.35. The minimum Gasteiger partial charge on any atom is -0.495 e. The number of amides is 1. The van der Waals surface area contributed by atoms with Gasteiger partial charge in [-0.25, -0.2) is 0 Å². The lowest BCUT2D eigenvalue weighted by Crippen LogP contribution is -2.31. The Balaban J connectivity index is 1.81. The van der Waals surface area contributed by atoms with Crippen LogP contribution in [0.4, 0.5) is 5.69 Å². The number of anilines is 1. The molecule has 0 spiro atoms. The van der Waals surface area contributed by atoms with Crippen LogP contribution in [0.25, 0.3) is 0 Å². The molecule has 0 radical (unpaired) electrons. The van der Waals surface area contributed by atoms with Crippen molar-refractivity contribution >= 4 is 29.2 Å². The summed E-state index contributed by atoms with van der Waals surface area (Å²) in [6.07, 6.45) is 3.69. The fourth-order valence-electron chi connectivity index (χ4n) is 3.41. The summed E-state index contributed by atoms with van der Waals surface area (Å²) in [5.41, 5.74) is 0.719. The lowest BCUT2D eigenvalue weighted by molar-refractivity contribution is -0.153. The van der Waals surface area contributed by atoms with Crippen molar-refractivity contribution < 1.29 is 19.1 Å². The Hall–Kier alpha value is -1.75. The number of methoxy groups -OCH3 is 1. The van der Waals surface area contributed by atoms with Gasteiger partial charge in [-0.1, -0.05) is 32.4 Å². The van der Waals surface area contributed by atoms with Gasteiger partial charge in [0.15, 0.2) is 6.61 Å². The van der Waals surface area contributed by atoms with Crippen molar-refractivity contribution in [1.29, 1.82) is 0 Å². The molecule has 1 fully saturated rings. The van der Waals surface area contributed by atoms with Crippen LogP contribution in [-0.4, -0.2) is 25.6 Å². The highest BCUT2D eigenvalue weighted by Gasteiger charge is 2.33. The second-order valence-electron chi connectivity index (χ2n) is 7.92. The van der Waals surface area contributed by atoms with Crippen LogP contribution < -0.4 is 10.1 Å². The SMILES string of the molecule is COc1ccc(Cl)cc1NC(=O)COC(=O)C1CCC(C(C)(C)C)CC1. The number of carbonyl (C=O) groups is 2. The largest absolute Gasteiger partial charge is 0.495 e. The van der Waals surface area contributed by atoms with Crippen LogP contribution in [0, 0.1) is 17.3 Å². The molecule has 5 nitrogen and oxygen atoms in total. The van der Waals surface area contributed by atoms with Gasteiger partial charge < -0.3 is 14.8 Å². The number of nitrogens with one attached hydrogen (secondary N) is 1. The van der Waals surface area contributed by atoms with Crippen molar-refractivity contribution in [3.63, 3.8) is 0 Å². The van der Waals surface area contributed by atoms with Gasteiger partial charge in [0.2, 0.25) is 0 Å². The molecule has 0 atom stereocenters. The topological polar surface area (TPSA) is 64.6 Å². The molecule has 0 aliphatic heterocycles. The molecule has 0 heterocycles. The molecule has 26 heavy (non-hydrogen) atoms. The monoisotopic (exact) mass is 381 g/mol. The summed E-state index contributed by atoms with van der Waals surface area (Å²) < 4.78 is 10.4.